The van der Waals surface area contributed by atoms with Gasteiger partial charge in [0.25, 0.3) is 0 Å². The molecule has 0 aliphatic rings. The highest BCUT2D eigenvalue weighted by atomic mass is 16.4. The SMILES string of the molecule is CCCCCCCCCCCCCCCCCCN(CCCCCCCCCCCCCCCCCC)C(=O)CNC(=O)CCCCCCCNC(=O)CNCCN(CCN(CCNCC(=O)O)CC(=O)O)CC(=O)O. The molecule has 446 valence electrons. The van der Waals surface area contributed by atoms with Gasteiger partial charge in [0.05, 0.1) is 32.7 Å². The molecule has 0 atom stereocenters. The van der Waals surface area contributed by atoms with Crippen LogP contribution in [0.3, 0.4) is 0 Å². The number of rotatable bonds is 61. The number of carboxylic acids is 3. The number of carbonyl (C=O) groups is 6. The normalized spacial score (nSPS) is 11.4. The first-order valence-corrected chi connectivity index (χ1v) is 31.3. The largest absolute Gasteiger partial charge is 0.480 e. The summed E-state index contributed by atoms with van der Waals surface area (Å²) in [5.74, 6) is -3.27. The summed E-state index contributed by atoms with van der Waals surface area (Å²) in [6.45, 7) is 7.86. The van der Waals surface area contributed by atoms with Crippen LogP contribution in [0.5, 0.6) is 0 Å². The molecule has 76 heavy (non-hydrogen) atoms. The van der Waals surface area contributed by atoms with Crippen LogP contribution < -0.4 is 21.3 Å². The number of carbonyl (C=O) groups excluding carboxylic acids is 3. The number of carboxylic acid groups (broad SMARTS) is 3. The molecule has 0 bridgehead atoms. The van der Waals surface area contributed by atoms with Gasteiger partial charge in [0, 0.05) is 65.3 Å². The second-order valence-electron chi connectivity index (χ2n) is 21.7. The van der Waals surface area contributed by atoms with E-state index >= 15 is 0 Å². The maximum Gasteiger partial charge on any atom is 0.317 e. The van der Waals surface area contributed by atoms with E-state index in [1.807, 2.05) is 4.90 Å². The lowest BCUT2D eigenvalue weighted by molar-refractivity contribution is -0.140. The molecule has 0 unspecified atom stereocenters. The van der Waals surface area contributed by atoms with Gasteiger partial charge in [-0.2, -0.15) is 0 Å². The molecule has 3 amide bonds. The van der Waals surface area contributed by atoms with Gasteiger partial charge in [0.1, 0.15) is 0 Å². The Labute approximate surface area is 463 Å². The zero-order valence-corrected chi connectivity index (χ0v) is 48.9. The number of amides is 3. The average molecular weight is 1080 g/mol. The molecule has 0 aromatic heterocycles. The summed E-state index contributed by atoms with van der Waals surface area (Å²) in [5, 5.41) is 39.0. The summed E-state index contributed by atoms with van der Waals surface area (Å²) in [7, 11) is 0. The number of unbranched alkanes of at least 4 members (excludes halogenated alkanes) is 34. The first-order chi connectivity index (χ1) is 37.0. The Kier molecular flexibility index (Phi) is 53.9. The smallest absolute Gasteiger partial charge is 0.317 e. The Bertz CT molecular complexity index is 1360. The fourth-order valence-corrected chi connectivity index (χ4v) is 9.75. The van der Waals surface area contributed by atoms with Crippen molar-refractivity contribution >= 4 is 35.6 Å². The van der Waals surface area contributed by atoms with E-state index in [1.165, 1.54) is 180 Å². The minimum atomic E-state index is -1.03. The molecule has 16 nitrogen and oxygen atoms in total. The predicted molar refractivity (Wildman–Crippen MR) is 311 cm³/mol. The monoisotopic (exact) mass is 1080 g/mol. The zero-order valence-electron chi connectivity index (χ0n) is 48.9. The van der Waals surface area contributed by atoms with Gasteiger partial charge < -0.3 is 41.5 Å². The number of aliphatic carboxylic acids is 3. The Morgan fingerprint density at radius 2 is 0.658 bits per heavy atom. The van der Waals surface area contributed by atoms with Gasteiger partial charge in [-0.25, -0.2) is 0 Å². The third-order valence-corrected chi connectivity index (χ3v) is 14.5. The van der Waals surface area contributed by atoms with E-state index in [0.717, 1.165) is 70.9 Å². The molecule has 0 radical (unpaired) electrons. The Morgan fingerprint density at radius 3 is 1.03 bits per heavy atom. The molecule has 0 rings (SSSR count). The highest BCUT2D eigenvalue weighted by molar-refractivity contribution is 5.84. The predicted octanol–water partition coefficient (Wildman–Crippen LogP) is 10.9. The van der Waals surface area contributed by atoms with Crippen LogP contribution in [-0.2, 0) is 28.8 Å². The quantitative estimate of drug-likeness (QED) is 0.0282. The average Bonchev–Trinajstić information content (AvgIpc) is 3.38. The van der Waals surface area contributed by atoms with Gasteiger partial charge in [0.2, 0.25) is 17.7 Å². The van der Waals surface area contributed by atoms with Crippen molar-refractivity contribution in [2.45, 2.75) is 258 Å². The Morgan fingerprint density at radius 1 is 0.316 bits per heavy atom. The van der Waals surface area contributed by atoms with Crippen LogP contribution in [0.2, 0.25) is 0 Å². The van der Waals surface area contributed by atoms with E-state index in [4.69, 9.17) is 5.11 Å². The van der Waals surface area contributed by atoms with Crippen LogP contribution in [0.15, 0.2) is 0 Å². The molecule has 0 aromatic rings. The van der Waals surface area contributed by atoms with Gasteiger partial charge in [0.15, 0.2) is 0 Å². The number of hydrogen-bond acceptors (Lipinski definition) is 10. The molecule has 0 fully saturated rings. The summed E-state index contributed by atoms with van der Waals surface area (Å²) in [6.07, 6.45) is 47.1. The third kappa shape index (κ3) is 54.0. The van der Waals surface area contributed by atoms with Crippen molar-refractivity contribution < 1.29 is 44.1 Å². The summed E-state index contributed by atoms with van der Waals surface area (Å²) in [5.41, 5.74) is 0. The topological polar surface area (TPSA) is 221 Å². The second-order valence-corrected chi connectivity index (χ2v) is 21.7. The Balaban J connectivity index is 4.44. The minimum absolute atomic E-state index is 0.0338. The van der Waals surface area contributed by atoms with Gasteiger partial charge >= 0.3 is 17.9 Å². The summed E-state index contributed by atoms with van der Waals surface area (Å²) in [4.78, 5) is 77.4. The van der Waals surface area contributed by atoms with Crippen LogP contribution in [0, 0.1) is 0 Å². The van der Waals surface area contributed by atoms with E-state index in [-0.39, 0.29) is 76.6 Å². The van der Waals surface area contributed by atoms with Crippen LogP contribution in [0.1, 0.15) is 258 Å². The number of nitrogens with zero attached hydrogens (tertiary/aromatic N) is 3. The summed E-state index contributed by atoms with van der Waals surface area (Å²) in [6, 6.07) is 0. The number of nitrogens with one attached hydrogen (secondary N) is 4. The maximum atomic E-state index is 13.4. The molecule has 7 N–H and O–H groups in total. The molecule has 0 aliphatic carbocycles. The van der Waals surface area contributed by atoms with E-state index in [2.05, 4.69) is 35.1 Å². The standard InChI is InChI=1S/C60H117N7O9/c1-3-5-7-9-11-13-15-17-19-21-23-25-27-29-34-38-44-67(45-39-35-30-28-26-24-22-20-18-16-14-12-10-8-6-4-2)57(70)51-64-55(68)40-36-32-31-33-37-41-63-56(69)50-61-42-46-65(53-59(73)74)48-49-66(54-60(75)76)47-43-62-52-58(71)72/h61-62H,3-54H2,1-2H3,(H,63,69)(H,64,68)(H,71,72)(H,73,74)(H,75,76). The van der Waals surface area contributed by atoms with E-state index in [0.29, 0.717) is 26.1 Å². The molecular formula is C60H117N7O9. The van der Waals surface area contributed by atoms with Crippen LogP contribution in [0.25, 0.3) is 0 Å². The van der Waals surface area contributed by atoms with Crippen molar-refractivity contribution in [1.82, 2.24) is 36.0 Å². The second kappa shape index (κ2) is 56.4. The van der Waals surface area contributed by atoms with E-state index < -0.39 is 17.9 Å². The molecule has 0 saturated carbocycles. The van der Waals surface area contributed by atoms with Crippen LogP contribution in [0.4, 0.5) is 0 Å². The maximum absolute atomic E-state index is 13.4. The summed E-state index contributed by atoms with van der Waals surface area (Å²) >= 11 is 0. The lowest BCUT2D eigenvalue weighted by Gasteiger charge is -2.26. The molecule has 0 spiro atoms. The van der Waals surface area contributed by atoms with Gasteiger partial charge in [-0.3, -0.25) is 38.6 Å². The lowest BCUT2D eigenvalue weighted by Crippen LogP contribution is -2.44. The van der Waals surface area contributed by atoms with Crippen molar-refractivity contribution in [2.75, 3.05) is 91.6 Å². The third-order valence-electron chi connectivity index (χ3n) is 14.5. The van der Waals surface area contributed by atoms with Crippen molar-refractivity contribution in [1.29, 1.82) is 0 Å². The molecule has 16 heteroatoms. The van der Waals surface area contributed by atoms with Gasteiger partial charge in [-0.05, 0) is 25.7 Å². The van der Waals surface area contributed by atoms with E-state index in [9.17, 15) is 39.0 Å². The number of hydrogen-bond donors (Lipinski definition) is 7. The fraction of sp³-hybridized carbons (Fsp3) is 0.900. The minimum Gasteiger partial charge on any atom is -0.480 e. The van der Waals surface area contributed by atoms with Crippen molar-refractivity contribution in [3.8, 4) is 0 Å². The fourth-order valence-electron chi connectivity index (χ4n) is 9.75. The highest BCUT2D eigenvalue weighted by Crippen LogP contribution is 2.16. The Hall–Kier alpha value is -3.34. The van der Waals surface area contributed by atoms with Crippen LogP contribution in [-0.4, -0.2) is 157 Å². The van der Waals surface area contributed by atoms with Crippen LogP contribution >= 0.6 is 0 Å². The van der Waals surface area contributed by atoms with E-state index in [1.54, 1.807) is 9.80 Å². The lowest BCUT2D eigenvalue weighted by atomic mass is 10.0. The molecule has 0 heterocycles. The zero-order chi connectivity index (χ0) is 55.8. The van der Waals surface area contributed by atoms with Crippen molar-refractivity contribution in [3.63, 3.8) is 0 Å². The molecular weight excluding hydrogens is 963 g/mol. The molecule has 0 saturated heterocycles. The van der Waals surface area contributed by atoms with Crippen molar-refractivity contribution in [2.24, 2.45) is 0 Å². The first-order valence-electron chi connectivity index (χ1n) is 31.3. The molecule has 0 aromatic carbocycles. The van der Waals surface area contributed by atoms with Crippen molar-refractivity contribution in [3.05, 3.63) is 0 Å². The molecule has 0 aliphatic heterocycles. The summed E-state index contributed by atoms with van der Waals surface area (Å²) < 4.78 is 0. The highest BCUT2D eigenvalue weighted by Gasteiger charge is 2.16. The van der Waals surface area contributed by atoms with Gasteiger partial charge in [-0.1, -0.05) is 226 Å². The first kappa shape index (κ1) is 72.7. The van der Waals surface area contributed by atoms with Gasteiger partial charge in [-0.15, -0.1) is 0 Å².